The third-order valence-electron chi connectivity index (χ3n) is 3.24. The number of carbonyl (C=O) groups excluding carboxylic acids is 1. The van der Waals surface area contributed by atoms with Crippen LogP contribution in [0.2, 0.25) is 0 Å². The highest BCUT2D eigenvalue weighted by atomic mass is 35.5. The number of halogens is 1. The van der Waals surface area contributed by atoms with E-state index in [4.69, 9.17) is 20.9 Å². The van der Waals surface area contributed by atoms with E-state index in [1.807, 2.05) is 6.07 Å². The monoisotopic (exact) mass is 272 g/mol. The third-order valence-corrected chi connectivity index (χ3v) is 3.47. The molecule has 1 fully saturated rings. The van der Waals surface area contributed by atoms with Crippen molar-refractivity contribution < 1.29 is 14.1 Å². The van der Waals surface area contributed by atoms with Crippen LogP contribution >= 0.6 is 11.6 Å². The first kappa shape index (κ1) is 13.4. The van der Waals surface area contributed by atoms with E-state index in [-0.39, 0.29) is 11.8 Å². The van der Waals surface area contributed by atoms with Crippen molar-refractivity contribution in [2.75, 3.05) is 26.1 Å². The lowest BCUT2D eigenvalue weighted by atomic mass is 9.93. The molecule has 0 aliphatic carbocycles. The summed E-state index contributed by atoms with van der Waals surface area (Å²) in [5.41, 5.74) is 0.958. The number of carbonyl (C=O) groups is 1. The normalized spacial score (nSPS) is 17.1. The maximum atomic E-state index is 11.4. The molecule has 1 aromatic rings. The van der Waals surface area contributed by atoms with Crippen molar-refractivity contribution in [1.82, 2.24) is 10.1 Å². The number of likely N-dealkylation sites (tertiary alicyclic amines) is 1. The fourth-order valence-electron chi connectivity index (χ4n) is 2.24. The Hall–Kier alpha value is -1.07. The van der Waals surface area contributed by atoms with Crippen LogP contribution in [-0.4, -0.2) is 42.0 Å². The zero-order chi connectivity index (χ0) is 13.0. The Balaban J connectivity index is 1.90. The van der Waals surface area contributed by atoms with E-state index in [1.165, 1.54) is 0 Å². The van der Waals surface area contributed by atoms with E-state index in [1.54, 1.807) is 12.0 Å². The quantitative estimate of drug-likeness (QED) is 0.784. The number of amides is 1. The molecule has 2 rings (SSSR count). The molecule has 0 spiro atoms. The van der Waals surface area contributed by atoms with Crippen molar-refractivity contribution in [3.63, 3.8) is 0 Å². The van der Waals surface area contributed by atoms with Crippen molar-refractivity contribution in [2.45, 2.75) is 25.4 Å². The minimum absolute atomic E-state index is 0.00958. The molecule has 0 radical (unpaired) electrons. The topological polar surface area (TPSA) is 55.6 Å². The number of ether oxygens (including phenoxy) is 1. The number of nitrogens with zero attached hydrogens (tertiary/aromatic N) is 2. The van der Waals surface area contributed by atoms with Gasteiger partial charge in [0, 0.05) is 32.2 Å². The molecule has 1 aromatic heterocycles. The summed E-state index contributed by atoms with van der Waals surface area (Å²) in [7, 11) is 1.62. The highest BCUT2D eigenvalue weighted by molar-refractivity contribution is 6.27. The molecule has 1 aliphatic rings. The van der Waals surface area contributed by atoms with Crippen LogP contribution in [0.4, 0.5) is 0 Å². The molecule has 1 saturated heterocycles. The number of hydrogen-bond donors (Lipinski definition) is 0. The Morgan fingerprint density at radius 3 is 2.94 bits per heavy atom. The zero-order valence-corrected chi connectivity index (χ0v) is 11.2. The summed E-state index contributed by atoms with van der Waals surface area (Å²) in [5.74, 6) is 1.17. The van der Waals surface area contributed by atoms with Crippen molar-refractivity contribution in [3.8, 4) is 0 Å². The van der Waals surface area contributed by atoms with Gasteiger partial charge in [-0.1, -0.05) is 5.16 Å². The molecule has 1 aliphatic heterocycles. The van der Waals surface area contributed by atoms with E-state index in [2.05, 4.69) is 5.16 Å². The predicted molar refractivity (Wildman–Crippen MR) is 66.5 cm³/mol. The summed E-state index contributed by atoms with van der Waals surface area (Å²) in [4.78, 5) is 13.2. The Kier molecular flexibility index (Phi) is 4.60. The van der Waals surface area contributed by atoms with Gasteiger partial charge in [0.05, 0.1) is 5.69 Å². The molecule has 5 nitrogen and oxygen atoms in total. The Morgan fingerprint density at radius 2 is 2.33 bits per heavy atom. The van der Waals surface area contributed by atoms with E-state index >= 15 is 0 Å². The van der Waals surface area contributed by atoms with Gasteiger partial charge in [-0.3, -0.25) is 4.79 Å². The lowest BCUT2D eigenvalue weighted by molar-refractivity contribution is -0.129. The summed E-state index contributed by atoms with van der Waals surface area (Å²) >= 11 is 5.54. The number of alkyl halides is 1. The molecule has 0 aromatic carbocycles. The van der Waals surface area contributed by atoms with Crippen molar-refractivity contribution in [1.29, 1.82) is 0 Å². The molecule has 6 heteroatoms. The average Bonchev–Trinajstić information content (AvgIpc) is 2.87. The Bertz CT molecular complexity index is 400. The molecule has 1 amide bonds. The summed E-state index contributed by atoms with van der Waals surface area (Å²) in [6, 6.07) is 1.94. The molecule has 0 saturated carbocycles. The first-order chi connectivity index (χ1) is 8.74. The van der Waals surface area contributed by atoms with Gasteiger partial charge in [0.1, 0.15) is 12.5 Å². The minimum Gasteiger partial charge on any atom is -0.377 e. The van der Waals surface area contributed by atoms with Crippen LogP contribution in [-0.2, 0) is 16.1 Å². The molecule has 100 valence electrons. The van der Waals surface area contributed by atoms with Gasteiger partial charge in [-0.25, -0.2) is 0 Å². The van der Waals surface area contributed by atoms with Crippen molar-refractivity contribution in [3.05, 3.63) is 17.5 Å². The van der Waals surface area contributed by atoms with Crippen LogP contribution in [0.25, 0.3) is 0 Å². The van der Waals surface area contributed by atoms with Crippen LogP contribution in [0.5, 0.6) is 0 Å². The van der Waals surface area contributed by atoms with Crippen LogP contribution in [0.15, 0.2) is 10.6 Å². The summed E-state index contributed by atoms with van der Waals surface area (Å²) in [6.45, 7) is 1.92. The van der Waals surface area contributed by atoms with Gasteiger partial charge < -0.3 is 14.2 Å². The second kappa shape index (κ2) is 6.20. The van der Waals surface area contributed by atoms with Crippen LogP contribution in [0, 0.1) is 0 Å². The number of aromatic nitrogens is 1. The number of methoxy groups -OCH3 is 1. The van der Waals surface area contributed by atoms with Gasteiger partial charge in [0.2, 0.25) is 5.91 Å². The van der Waals surface area contributed by atoms with Gasteiger partial charge in [0.15, 0.2) is 5.76 Å². The van der Waals surface area contributed by atoms with Crippen LogP contribution in [0.3, 0.4) is 0 Å². The molecule has 0 bridgehead atoms. The smallest absolute Gasteiger partial charge is 0.237 e. The lowest BCUT2D eigenvalue weighted by Crippen LogP contribution is -2.38. The first-order valence-electron chi connectivity index (χ1n) is 6.02. The SMILES string of the molecule is COCc1cc(C2CCN(C(=O)CCl)CC2)no1. The number of hydrogen-bond acceptors (Lipinski definition) is 4. The molecular formula is C12H17ClN2O3. The Labute approximate surface area is 111 Å². The summed E-state index contributed by atoms with van der Waals surface area (Å²) in [6.07, 6.45) is 1.81. The minimum atomic E-state index is 0.00958. The molecule has 0 N–H and O–H groups in total. The number of piperidine rings is 1. The van der Waals surface area contributed by atoms with Gasteiger partial charge in [-0.15, -0.1) is 11.6 Å². The second-order valence-electron chi connectivity index (χ2n) is 4.44. The zero-order valence-electron chi connectivity index (χ0n) is 10.4. The maximum Gasteiger partial charge on any atom is 0.237 e. The largest absolute Gasteiger partial charge is 0.377 e. The van der Waals surface area contributed by atoms with E-state index in [0.717, 1.165) is 37.4 Å². The fraction of sp³-hybridized carbons (Fsp3) is 0.667. The molecule has 0 atom stereocenters. The standard InChI is InChI=1S/C12H17ClN2O3/c1-17-8-10-6-11(14-18-10)9-2-4-15(5-3-9)12(16)7-13/h6,9H,2-5,7-8H2,1H3. The van der Waals surface area contributed by atoms with Crippen molar-refractivity contribution in [2.24, 2.45) is 0 Å². The summed E-state index contributed by atoms with van der Waals surface area (Å²) < 4.78 is 10.2. The molecular weight excluding hydrogens is 256 g/mol. The Morgan fingerprint density at radius 1 is 1.61 bits per heavy atom. The van der Waals surface area contributed by atoms with Gasteiger partial charge in [0.25, 0.3) is 0 Å². The van der Waals surface area contributed by atoms with Crippen molar-refractivity contribution >= 4 is 17.5 Å². The third kappa shape index (κ3) is 3.03. The highest BCUT2D eigenvalue weighted by Gasteiger charge is 2.25. The van der Waals surface area contributed by atoms with E-state index in [9.17, 15) is 4.79 Å². The van der Waals surface area contributed by atoms with E-state index in [0.29, 0.717) is 12.5 Å². The first-order valence-corrected chi connectivity index (χ1v) is 6.56. The van der Waals surface area contributed by atoms with Gasteiger partial charge in [-0.05, 0) is 12.8 Å². The molecule has 18 heavy (non-hydrogen) atoms. The average molecular weight is 273 g/mol. The van der Waals surface area contributed by atoms with Gasteiger partial charge in [-0.2, -0.15) is 0 Å². The van der Waals surface area contributed by atoms with Crippen LogP contribution < -0.4 is 0 Å². The second-order valence-corrected chi connectivity index (χ2v) is 4.71. The number of rotatable bonds is 4. The maximum absolute atomic E-state index is 11.4. The van der Waals surface area contributed by atoms with Crippen LogP contribution in [0.1, 0.15) is 30.2 Å². The molecule has 0 unspecified atom stereocenters. The molecule has 2 heterocycles. The predicted octanol–water partition coefficient (Wildman–Crippen LogP) is 1.77. The fourth-order valence-corrected chi connectivity index (χ4v) is 2.41. The lowest BCUT2D eigenvalue weighted by Gasteiger charge is -2.30. The highest BCUT2D eigenvalue weighted by Crippen LogP contribution is 2.27. The van der Waals surface area contributed by atoms with E-state index < -0.39 is 0 Å². The summed E-state index contributed by atoms with van der Waals surface area (Å²) in [5, 5.41) is 4.06. The van der Waals surface area contributed by atoms with Gasteiger partial charge >= 0.3 is 0 Å².